The van der Waals surface area contributed by atoms with Crippen LogP contribution in [0.3, 0.4) is 0 Å². The molecule has 1 amide bonds. The number of amides is 1. The van der Waals surface area contributed by atoms with Gasteiger partial charge in [0.05, 0.1) is 24.9 Å². The molecule has 0 radical (unpaired) electrons. The first kappa shape index (κ1) is 22.3. The van der Waals surface area contributed by atoms with Crippen molar-refractivity contribution in [2.24, 2.45) is 7.05 Å². The molecular formula is C25H25FN6O. The van der Waals surface area contributed by atoms with Crippen molar-refractivity contribution in [3.05, 3.63) is 90.2 Å². The van der Waals surface area contributed by atoms with Crippen LogP contribution in [-0.2, 0) is 30.4 Å². The lowest BCUT2D eigenvalue weighted by Crippen LogP contribution is -2.16. The van der Waals surface area contributed by atoms with Crippen molar-refractivity contribution in [2.45, 2.75) is 32.4 Å². The van der Waals surface area contributed by atoms with Crippen molar-refractivity contribution in [2.75, 3.05) is 5.32 Å². The average Bonchev–Trinajstić information content (AvgIpc) is 3.19. The minimum atomic E-state index is -1.50. The highest BCUT2D eigenvalue weighted by atomic mass is 19.1. The van der Waals surface area contributed by atoms with Gasteiger partial charge in [0.15, 0.2) is 0 Å². The molecule has 0 aliphatic rings. The summed E-state index contributed by atoms with van der Waals surface area (Å²) in [5.41, 5.74) is 2.59. The van der Waals surface area contributed by atoms with E-state index in [0.29, 0.717) is 23.6 Å². The van der Waals surface area contributed by atoms with Gasteiger partial charge in [-0.1, -0.05) is 24.3 Å². The lowest BCUT2D eigenvalue weighted by atomic mass is 10.0. The van der Waals surface area contributed by atoms with Gasteiger partial charge in [-0.05, 0) is 42.7 Å². The topological polar surface area (TPSA) is 85.6 Å². The Kier molecular flexibility index (Phi) is 6.26. The number of carbonyl (C=O) groups excluding carboxylic acids is 1. The second-order valence-electron chi connectivity index (χ2n) is 8.42. The lowest BCUT2D eigenvalue weighted by molar-refractivity contribution is -0.115. The van der Waals surface area contributed by atoms with E-state index in [2.05, 4.69) is 25.3 Å². The molecule has 4 rings (SSSR count). The number of hydrogen-bond acceptors (Lipinski definition) is 5. The summed E-state index contributed by atoms with van der Waals surface area (Å²) in [6.45, 7) is 2.93. The van der Waals surface area contributed by atoms with Gasteiger partial charge in [-0.2, -0.15) is 0 Å². The fraction of sp³-hybridized carbons (Fsp3) is 0.240. The number of alkyl halides is 1. The summed E-state index contributed by atoms with van der Waals surface area (Å²) in [7, 11) is 1.93. The van der Waals surface area contributed by atoms with Gasteiger partial charge in [-0.3, -0.25) is 4.79 Å². The fourth-order valence-corrected chi connectivity index (χ4v) is 3.37. The lowest BCUT2D eigenvalue weighted by Gasteiger charge is -2.15. The largest absolute Gasteiger partial charge is 0.340 e. The third-order valence-corrected chi connectivity index (χ3v) is 5.17. The van der Waals surface area contributed by atoms with Crippen LogP contribution in [0.2, 0.25) is 0 Å². The number of benzene rings is 1. The van der Waals surface area contributed by atoms with Gasteiger partial charge >= 0.3 is 0 Å². The summed E-state index contributed by atoms with van der Waals surface area (Å²) < 4.78 is 16.0. The van der Waals surface area contributed by atoms with Crippen LogP contribution in [0.1, 0.15) is 36.5 Å². The van der Waals surface area contributed by atoms with E-state index in [4.69, 9.17) is 0 Å². The maximum atomic E-state index is 14.1. The maximum Gasteiger partial charge on any atom is 0.229 e. The second-order valence-corrected chi connectivity index (χ2v) is 8.42. The smallest absolute Gasteiger partial charge is 0.229 e. The van der Waals surface area contributed by atoms with Gasteiger partial charge in [-0.15, -0.1) is 0 Å². The Hall–Kier alpha value is -3.94. The summed E-state index contributed by atoms with van der Waals surface area (Å²) in [6, 6.07) is 10.8. The van der Waals surface area contributed by atoms with Crippen molar-refractivity contribution in [3.63, 3.8) is 0 Å². The molecule has 0 aliphatic heterocycles. The highest BCUT2D eigenvalue weighted by Gasteiger charge is 2.19. The van der Waals surface area contributed by atoms with Gasteiger partial charge in [-0.25, -0.2) is 24.3 Å². The molecule has 0 spiro atoms. The molecule has 33 heavy (non-hydrogen) atoms. The third kappa shape index (κ3) is 5.85. The molecule has 0 atom stereocenters. The number of aromatic nitrogens is 5. The minimum Gasteiger partial charge on any atom is -0.340 e. The van der Waals surface area contributed by atoms with Crippen LogP contribution in [0.15, 0.2) is 67.5 Å². The van der Waals surface area contributed by atoms with Crippen LogP contribution in [-0.4, -0.2) is 30.4 Å². The van der Waals surface area contributed by atoms with Crippen molar-refractivity contribution in [1.29, 1.82) is 0 Å². The Morgan fingerprint density at radius 3 is 2.39 bits per heavy atom. The van der Waals surface area contributed by atoms with E-state index in [1.165, 1.54) is 20.0 Å². The van der Waals surface area contributed by atoms with Gasteiger partial charge in [0.2, 0.25) is 5.91 Å². The molecule has 0 fully saturated rings. The predicted octanol–water partition coefficient (Wildman–Crippen LogP) is 4.25. The van der Waals surface area contributed by atoms with Crippen molar-refractivity contribution in [1.82, 2.24) is 24.5 Å². The monoisotopic (exact) mass is 444 g/mol. The second kappa shape index (κ2) is 9.28. The zero-order valence-electron chi connectivity index (χ0n) is 18.8. The third-order valence-electron chi connectivity index (χ3n) is 5.17. The molecule has 4 aromatic rings. The minimum absolute atomic E-state index is 0.185. The van der Waals surface area contributed by atoms with Gasteiger partial charge in [0.1, 0.15) is 17.3 Å². The van der Waals surface area contributed by atoms with E-state index in [9.17, 15) is 9.18 Å². The first-order chi connectivity index (χ1) is 15.8. The molecular weight excluding hydrogens is 419 g/mol. The van der Waals surface area contributed by atoms with Crippen LogP contribution in [0.25, 0.3) is 11.1 Å². The molecule has 7 nitrogen and oxygen atoms in total. The fourth-order valence-electron chi connectivity index (χ4n) is 3.37. The van der Waals surface area contributed by atoms with Crippen molar-refractivity contribution >= 4 is 11.7 Å². The van der Waals surface area contributed by atoms with Crippen LogP contribution < -0.4 is 5.32 Å². The zero-order chi connectivity index (χ0) is 23.4. The Balaban J connectivity index is 1.36. The maximum absolute atomic E-state index is 14.1. The first-order valence-electron chi connectivity index (χ1n) is 10.6. The van der Waals surface area contributed by atoms with Crippen LogP contribution in [0.5, 0.6) is 0 Å². The number of nitrogens with one attached hydrogen (secondary N) is 1. The molecule has 8 heteroatoms. The summed E-state index contributed by atoms with van der Waals surface area (Å²) in [4.78, 5) is 29.7. The van der Waals surface area contributed by atoms with Crippen LogP contribution in [0, 0.1) is 0 Å². The number of imidazole rings is 1. The highest BCUT2D eigenvalue weighted by molar-refractivity contribution is 5.91. The van der Waals surface area contributed by atoms with Crippen molar-refractivity contribution < 1.29 is 9.18 Å². The standard InChI is InChI=1S/C25H25FN6O/c1-25(2,26)20-8-9-27-23(11-20)31-24(33)10-17-4-6-18(7-5-17)19-13-28-22(29-14-19)12-21-15-32(3)16-30-21/h4-9,11,13-16H,10,12H2,1-3H3,(H,27,31,33). The molecule has 0 saturated heterocycles. The Morgan fingerprint density at radius 2 is 1.76 bits per heavy atom. The number of aryl methyl sites for hydroxylation is 1. The van der Waals surface area contributed by atoms with E-state index in [1.807, 2.05) is 42.1 Å². The molecule has 0 aliphatic carbocycles. The number of halogens is 1. The summed E-state index contributed by atoms with van der Waals surface area (Å²) in [6.07, 6.45) is 9.53. The molecule has 1 N–H and O–H groups in total. The first-order valence-corrected chi connectivity index (χ1v) is 10.6. The Morgan fingerprint density at radius 1 is 1.03 bits per heavy atom. The SMILES string of the molecule is Cn1cnc(Cc2ncc(-c3ccc(CC(=O)Nc4cc(C(C)(C)F)ccn4)cc3)cn2)c1. The van der Waals surface area contributed by atoms with E-state index >= 15 is 0 Å². The van der Waals surface area contributed by atoms with E-state index in [1.54, 1.807) is 30.9 Å². The van der Waals surface area contributed by atoms with E-state index in [-0.39, 0.29) is 12.3 Å². The van der Waals surface area contributed by atoms with Gasteiger partial charge < -0.3 is 9.88 Å². The summed E-state index contributed by atoms with van der Waals surface area (Å²) in [5.74, 6) is 0.827. The summed E-state index contributed by atoms with van der Waals surface area (Å²) >= 11 is 0. The number of rotatable bonds is 7. The predicted molar refractivity (Wildman–Crippen MR) is 124 cm³/mol. The molecule has 0 unspecified atom stereocenters. The Labute approximate surface area is 191 Å². The molecule has 168 valence electrons. The number of hydrogen-bond donors (Lipinski definition) is 1. The number of anilines is 1. The Bertz CT molecular complexity index is 1240. The molecule has 3 heterocycles. The number of pyridine rings is 1. The molecule has 1 aromatic carbocycles. The number of nitrogens with zero attached hydrogens (tertiary/aromatic N) is 5. The van der Waals surface area contributed by atoms with E-state index in [0.717, 1.165) is 22.4 Å². The van der Waals surface area contributed by atoms with Crippen LogP contribution >= 0.6 is 0 Å². The quantitative estimate of drug-likeness (QED) is 0.461. The van der Waals surface area contributed by atoms with Crippen molar-refractivity contribution in [3.8, 4) is 11.1 Å². The zero-order valence-corrected chi connectivity index (χ0v) is 18.8. The number of carbonyl (C=O) groups is 1. The molecule has 3 aromatic heterocycles. The van der Waals surface area contributed by atoms with Gasteiger partial charge in [0.25, 0.3) is 0 Å². The average molecular weight is 445 g/mol. The normalized spacial score (nSPS) is 11.4. The highest BCUT2D eigenvalue weighted by Crippen LogP contribution is 2.25. The van der Waals surface area contributed by atoms with Gasteiger partial charge in [0, 0.05) is 37.4 Å². The molecule has 0 saturated carbocycles. The van der Waals surface area contributed by atoms with Crippen LogP contribution in [0.4, 0.5) is 10.2 Å². The summed E-state index contributed by atoms with van der Waals surface area (Å²) in [5, 5.41) is 2.73. The molecule has 0 bridgehead atoms. The van der Waals surface area contributed by atoms with E-state index < -0.39 is 5.67 Å².